The van der Waals surface area contributed by atoms with Crippen LogP contribution in [0.2, 0.25) is 0 Å². The van der Waals surface area contributed by atoms with Crippen LogP contribution in [0.5, 0.6) is 0 Å². The Hall–Kier alpha value is -1.23. The third kappa shape index (κ3) is 3.12. The van der Waals surface area contributed by atoms with E-state index in [1.165, 1.54) is 0 Å². The van der Waals surface area contributed by atoms with Gasteiger partial charge in [0.2, 0.25) is 0 Å². The van der Waals surface area contributed by atoms with E-state index in [1.54, 1.807) is 12.1 Å². The first kappa shape index (κ1) is 12.2. The van der Waals surface area contributed by atoms with Gasteiger partial charge >= 0.3 is 5.97 Å². The maximum atomic E-state index is 11.0. The molecule has 1 aliphatic rings. The molecule has 92 valence electrons. The molecule has 1 aliphatic heterocycles. The SMILES string of the molecule is CCc1cc(C(=O)O)cc(NC2CCSC2)n1. The molecule has 4 nitrogen and oxygen atoms in total. The minimum atomic E-state index is -0.897. The second-order valence-electron chi connectivity index (χ2n) is 4.10. The molecule has 2 N–H and O–H groups in total. The lowest BCUT2D eigenvalue weighted by Gasteiger charge is -2.13. The average Bonchev–Trinajstić information content (AvgIpc) is 2.81. The first-order chi connectivity index (χ1) is 8.19. The van der Waals surface area contributed by atoms with Crippen LogP contribution >= 0.6 is 11.8 Å². The molecule has 1 atom stereocenters. The average molecular weight is 252 g/mol. The lowest BCUT2D eigenvalue weighted by molar-refractivity contribution is 0.0696. The van der Waals surface area contributed by atoms with Crippen molar-refractivity contribution in [3.8, 4) is 0 Å². The summed E-state index contributed by atoms with van der Waals surface area (Å²) in [5.74, 6) is 2.03. The lowest BCUT2D eigenvalue weighted by atomic mass is 10.2. The van der Waals surface area contributed by atoms with Gasteiger partial charge in [0.15, 0.2) is 0 Å². The van der Waals surface area contributed by atoms with Crippen LogP contribution in [0.3, 0.4) is 0 Å². The Balaban J connectivity index is 2.19. The normalized spacial score (nSPS) is 19.2. The van der Waals surface area contributed by atoms with E-state index in [4.69, 9.17) is 5.11 Å². The molecule has 1 aromatic heterocycles. The van der Waals surface area contributed by atoms with Gasteiger partial charge in [0, 0.05) is 17.5 Å². The van der Waals surface area contributed by atoms with Crippen molar-refractivity contribution in [2.75, 3.05) is 16.8 Å². The van der Waals surface area contributed by atoms with Crippen LogP contribution in [-0.4, -0.2) is 33.6 Å². The second-order valence-corrected chi connectivity index (χ2v) is 5.25. The molecule has 0 radical (unpaired) electrons. The molecule has 0 amide bonds. The highest BCUT2D eigenvalue weighted by molar-refractivity contribution is 7.99. The van der Waals surface area contributed by atoms with Crippen molar-refractivity contribution < 1.29 is 9.90 Å². The van der Waals surface area contributed by atoms with Crippen LogP contribution in [-0.2, 0) is 6.42 Å². The third-order valence-electron chi connectivity index (χ3n) is 2.77. The molecular formula is C12H16N2O2S. The zero-order valence-electron chi connectivity index (χ0n) is 9.77. The van der Waals surface area contributed by atoms with Gasteiger partial charge in [-0.15, -0.1) is 0 Å². The standard InChI is InChI=1S/C12H16N2O2S/c1-2-9-5-8(12(15)16)6-11(13-9)14-10-3-4-17-7-10/h5-6,10H,2-4,7H2,1H3,(H,13,14)(H,15,16). The molecule has 0 saturated carbocycles. The van der Waals surface area contributed by atoms with Crippen LogP contribution in [0, 0.1) is 0 Å². The van der Waals surface area contributed by atoms with E-state index in [-0.39, 0.29) is 0 Å². The Morgan fingerprint density at radius 3 is 3.06 bits per heavy atom. The van der Waals surface area contributed by atoms with Crippen LogP contribution in [0.4, 0.5) is 5.82 Å². The number of nitrogens with one attached hydrogen (secondary N) is 1. The zero-order valence-corrected chi connectivity index (χ0v) is 10.6. The van der Waals surface area contributed by atoms with Gasteiger partial charge in [0.05, 0.1) is 5.56 Å². The van der Waals surface area contributed by atoms with E-state index in [2.05, 4.69) is 10.3 Å². The molecule has 0 aromatic carbocycles. The molecule has 17 heavy (non-hydrogen) atoms. The summed E-state index contributed by atoms with van der Waals surface area (Å²) >= 11 is 1.92. The summed E-state index contributed by atoms with van der Waals surface area (Å²) in [7, 11) is 0. The minimum Gasteiger partial charge on any atom is -0.478 e. The molecule has 5 heteroatoms. The molecule has 1 fully saturated rings. The van der Waals surface area contributed by atoms with Gasteiger partial charge in [0.25, 0.3) is 0 Å². The highest BCUT2D eigenvalue weighted by atomic mass is 32.2. The maximum absolute atomic E-state index is 11.0. The van der Waals surface area contributed by atoms with Crippen molar-refractivity contribution in [2.24, 2.45) is 0 Å². The number of aryl methyl sites for hydroxylation is 1. The largest absolute Gasteiger partial charge is 0.478 e. The van der Waals surface area contributed by atoms with E-state index < -0.39 is 5.97 Å². The van der Waals surface area contributed by atoms with E-state index in [0.717, 1.165) is 30.0 Å². The number of carboxylic acid groups (broad SMARTS) is 1. The Morgan fingerprint density at radius 2 is 2.47 bits per heavy atom. The molecule has 2 heterocycles. The van der Waals surface area contributed by atoms with Crippen molar-refractivity contribution in [1.29, 1.82) is 0 Å². The predicted molar refractivity (Wildman–Crippen MR) is 69.9 cm³/mol. The quantitative estimate of drug-likeness (QED) is 0.860. The number of nitrogens with zero attached hydrogens (tertiary/aromatic N) is 1. The van der Waals surface area contributed by atoms with E-state index >= 15 is 0 Å². The van der Waals surface area contributed by atoms with Crippen molar-refractivity contribution in [2.45, 2.75) is 25.8 Å². The summed E-state index contributed by atoms with van der Waals surface area (Å²) in [5, 5.41) is 12.3. The van der Waals surface area contributed by atoms with Crippen molar-refractivity contribution in [3.63, 3.8) is 0 Å². The number of anilines is 1. The van der Waals surface area contributed by atoms with E-state index in [0.29, 0.717) is 17.4 Å². The number of aromatic carboxylic acids is 1. The topological polar surface area (TPSA) is 62.2 Å². The number of hydrogen-bond donors (Lipinski definition) is 2. The van der Waals surface area contributed by atoms with Gasteiger partial charge in [-0.2, -0.15) is 11.8 Å². The summed E-state index contributed by atoms with van der Waals surface area (Å²) in [6, 6.07) is 3.67. The number of carboxylic acids is 1. The highest BCUT2D eigenvalue weighted by Gasteiger charge is 2.16. The maximum Gasteiger partial charge on any atom is 0.335 e. The molecule has 1 aromatic rings. The molecule has 1 saturated heterocycles. The zero-order chi connectivity index (χ0) is 12.3. The predicted octanol–water partition coefficient (Wildman–Crippen LogP) is 2.26. The Bertz CT molecular complexity index is 417. The van der Waals surface area contributed by atoms with Crippen LogP contribution in [0.15, 0.2) is 12.1 Å². The summed E-state index contributed by atoms with van der Waals surface area (Å²) in [6.45, 7) is 1.98. The number of rotatable bonds is 4. The molecule has 0 aliphatic carbocycles. The lowest BCUT2D eigenvalue weighted by Crippen LogP contribution is -2.19. The van der Waals surface area contributed by atoms with Gasteiger partial charge in [-0.05, 0) is 30.7 Å². The molecule has 0 spiro atoms. The second kappa shape index (κ2) is 5.40. The Kier molecular flexibility index (Phi) is 3.89. The number of pyridine rings is 1. The monoisotopic (exact) mass is 252 g/mol. The number of hydrogen-bond acceptors (Lipinski definition) is 4. The third-order valence-corrected chi connectivity index (χ3v) is 3.93. The minimum absolute atomic E-state index is 0.310. The summed E-state index contributed by atoms with van der Waals surface area (Å²) < 4.78 is 0. The smallest absolute Gasteiger partial charge is 0.335 e. The fraction of sp³-hybridized carbons (Fsp3) is 0.500. The van der Waals surface area contributed by atoms with Gasteiger partial charge in [-0.25, -0.2) is 9.78 Å². The van der Waals surface area contributed by atoms with Crippen LogP contribution in [0.25, 0.3) is 0 Å². The van der Waals surface area contributed by atoms with Crippen LogP contribution in [0.1, 0.15) is 29.4 Å². The summed E-state index contributed by atoms with van der Waals surface area (Å²) in [4.78, 5) is 15.4. The van der Waals surface area contributed by atoms with Gasteiger partial charge < -0.3 is 10.4 Å². The highest BCUT2D eigenvalue weighted by Crippen LogP contribution is 2.21. The molecule has 1 unspecified atom stereocenters. The number of aromatic nitrogens is 1. The van der Waals surface area contributed by atoms with E-state index in [1.807, 2.05) is 18.7 Å². The molecule has 2 rings (SSSR count). The Labute approximate surface area is 105 Å². The fourth-order valence-electron chi connectivity index (χ4n) is 1.82. The van der Waals surface area contributed by atoms with Gasteiger partial charge in [0.1, 0.15) is 5.82 Å². The van der Waals surface area contributed by atoms with Crippen molar-refractivity contribution in [1.82, 2.24) is 4.98 Å². The number of thioether (sulfide) groups is 1. The van der Waals surface area contributed by atoms with Crippen molar-refractivity contribution >= 4 is 23.5 Å². The number of carbonyl (C=O) groups is 1. The summed E-state index contributed by atoms with van der Waals surface area (Å²) in [6.07, 6.45) is 1.86. The Morgan fingerprint density at radius 1 is 1.65 bits per heavy atom. The summed E-state index contributed by atoms with van der Waals surface area (Å²) in [5.41, 5.74) is 1.13. The first-order valence-corrected chi connectivity index (χ1v) is 6.93. The van der Waals surface area contributed by atoms with E-state index in [9.17, 15) is 4.79 Å². The molecule has 0 bridgehead atoms. The van der Waals surface area contributed by atoms with Gasteiger partial charge in [-0.3, -0.25) is 0 Å². The molecular weight excluding hydrogens is 236 g/mol. The first-order valence-electron chi connectivity index (χ1n) is 5.77. The fourth-order valence-corrected chi connectivity index (χ4v) is 2.98. The van der Waals surface area contributed by atoms with Gasteiger partial charge in [-0.1, -0.05) is 6.92 Å². The van der Waals surface area contributed by atoms with Crippen LogP contribution < -0.4 is 5.32 Å². The van der Waals surface area contributed by atoms with Crippen molar-refractivity contribution in [3.05, 3.63) is 23.4 Å².